The first kappa shape index (κ1) is 15.3. The van der Waals surface area contributed by atoms with Gasteiger partial charge in [-0.1, -0.05) is 13.8 Å². The molecule has 3 rings (SSSR count). The first-order chi connectivity index (χ1) is 10.6. The van der Waals surface area contributed by atoms with Crippen molar-refractivity contribution in [1.29, 1.82) is 0 Å². The molecule has 22 heavy (non-hydrogen) atoms. The summed E-state index contributed by atoms with van der Waals surface area (Å²) in [5, 5.41) is 3.28. The standard InChI is InChI=1S/C18H27N3O/c1-18(2)7-11-20(12-8-18)16-5-3-15(4-6-16)17(22)21-13-9-19-10-14-21/h3-6,19H,7-14H2,1-2H3. The molecule has 0 saturated carbocycles. The molecule has 1 aromatic rings. The molecular weight excluding hydrogens is 274 g/mol. The lowest BCUT2D eigenvalue weighted by Gasteiger charge is -2.38. The quantitative estimate of drug-likeness (QED) is 0.911. The molecule has 1 amide bonds. The summed E-state index contributed by atoms with van der Waals surface area (Å²) in [5.41, 5.74) is 2.52. The molecule has 4 nitrogen and oxygen atoms in total. The van der Waals surface area contributed by atoms with Gasteiger partial charge < -0.3 is 15.1 Å². The summed E-state index contributed by atoms with van der Waals surface area (Å²) in [6, 6.07) is 8.18. The zero-order chi connectivity index (χ0) is 15.6. The van der Waals surface area contributed by atoms with Gasteiger partial charge >= 0.3 is 0 Å². The normalized spacial score (nSPS) is 21.7. The van der Waals surface area contributed by atoms with Gasteiger partial charge in [-0.15, -0.1) is 0 Å². The first-order valence-corrected chi connectivity index (χ1v) is 8.40. The molecule has 1 aromatic carbocycles. The summed E-state index contributed by atoms with van der Waals surface area (Å²) in [5.74, 6) is 0.160. The van der Waals surface area contributed by atoms with E-state index < -0.39 is 0 Å². The zero-order valence-corrected chi connectivity index (χ0v) is 13.8. The van der Waals surface area contributed by atoms with Gasteiger partial charge in [-0.3, -0.25) is 4.79 Å². The van der Waals surface area contributed by atoms with Crippen LogP contribution < -0.4 is 10.2 Å². The van der Waals surface area contributed by atoms with Crippen molar-refractivity contribution in [2.24, 2.45) is 5.41 Å². The second-order valence-corrected chi connectivity index (χ2v) is 7.24. The molecule has 0 aromatic heterocycles. The van der Waals surface area contributed by atoms with Gasteiger partial charge in [-0.2, -0.15) is 0 Å². The molecule has 120 valence electrons. The zero-order valence-electron chi connectivity index (χ0n) is 13.8. The van der Waals surface area contributed by atoms with Crippen LogP contribution in [0.25, 0.3) is 0 Å². The van der Waals surface area contributed by atoms with Gasteiger partial charge in [0.05, 0.1) is 0 Å². The number of nitrogens with one attached hydrogen (secondary N) is 1. The molecule has 2 heterocycles. The van der Waals surface area contributed by atoms with E-state index in [1.165, 1.54) is 18.5 Å². The van der Waals surface area contributed by atoms with Gasteiger partial charge in [0, 0.05) is 50.5 Å². The fourth-order valence-corrected chi connectivity index (χ4v) is 3.24. The van der Waals surface area contributed by atoms with Gasteiger partial charge in [0.2, 0.25) is 0 Å². The highest BCUT2D eigenvalue weighted by Crippen LogP contribution is 2.32. The number of anilines is 1. The van der Waals surface area contributed by atoms with Gasteiger partial charge in [0.1, 0.15) is 0 Å². The Hall–Kier alpha value is -1.55. The maximum Gasteiger partial charge on any atom is 0.253 e. The van der Waals surface area contributed by atoms with Gasteiger partial charge in [0.25, 0.3) is 5.91 Å². The molecule has 0 bridgehead atoms. The molecule has 0 unspecified atom stereocenters. The van der Waals surface area contributed by atoms with Crippen molar-refractivity contribution >= 4 is 11.6 Å². The van der Waals surface area contributed by atoms with Crippen LogP contribution in [0.15, 0.2) is 24.3 Å². The predicted octanol–water partition coefficient (Wildman–Crippen LogP) is 2.36. The Labute approximate surface area is 133 Å². The topological polar surface area (TPSA) is 35.6 Å². The number of benzene rings is 1. The molecule has 2 fully saturated rings. The molecule has 2 aliphatic heterocycles. The Bertz CT molecular complexity index is 508. The summed E-state index contributed by atoms with van der Waals surface area (Å²) >= 11 is 0. The molecule has 2 aliphatic rings. The van der Waals surface area contributed by atoms with Crippen LogP contribution in [-0.4, -0.2) is 50.1 Å². The fraction of sp³-hybridized carbons (Fsp3) is 0.611. The highest BCUT2D eigenvalue weighted by Gasteiger charge is 2.25. The highest BCUT2D eigenvalue weighted by atomic mass is 16.2. The molecule has 4 heteroatoms. The summed E-state index contributed by atoms with van der Waals surface area (Å²) < 4.78 is 0. The van der Waals surface area contributed by atoms with E-state index in [0.717, 1.165) is 44.8 Å². The maximum absolute atomic E-state index is 12.5. The van der Waals surface area contributed by atoms with E-state index in [4.69, 9.17) is 0 Å². The molecule has 0 spiro atoms. The highest BCUT2D eigenvalue weighted by molar-refractivity contribution is 5.94. The molecular formula is C18H27N3O. The molecule has 0 radical (unpaired) electrons. The van der Waals surface area contributed by atoms with Crippen molar-refractivity contribution in [3.05, 3.63) is 29.8 Å². The van der Waals surface area contributed by atoms with Crippen LogP contribution in [0.1, 0.15) is 37.0 Å². The third-order valence-corrected chi connectivity index (χ3v) is 5.00. The number of amides is 1. The summed E-state index contributed by atoms with van der Waals surface area (Å²) in [7, 11) is 0. The second-order valence-electron chi connectivity index (χ2n) is 7.24. The van der Waals surface area contributed by atoms with E-state index in [2.05, 4.69) is 36.2 Å². The largest absolute Gasteiger partial charge is 0.371 e. The van der Waals surface area contributed by atoms with Crippen LogP contribution in [0, 0.1) is 5.41 Å². The van der Waals surface area contributed by atoms with E-state index >= 15 is 0 Å². The number of nitrogens with zero attached hydrogens (tertiary/aromatic N) is 2. The summed E-state index contributed by atoms with van der Waals surface area (Å²) in [6.45, 7) is 10.3. The average molecular weight is 301 g/mol. The third-order valence-electron chi connectivity index (χ3n) is 5.00. The average Bonchev–Trinajstić information content (AvgIpc) is 2.55. The van der Waals surface area contributed by atoms with E-state index in [-0.39, 0.29) is 5.91 Å². The summed E-state index contributed by atoms with van der Waals surface area (Å²) in [6.07, 6.45) is 2.46. The monoisotopic (exact) mass is 301 g/mol. The van der Waals surface area contributed by atoms with Crippen molar-refractivity contribution < 1.29 is 4.79 Å². The Balaban J connectivity index is 1.64. The minimum Gasteiger partial charge on any atom is -0.371 e. The van der Waals surface area contributed by atoms with Crippen molar-refractivity contribution in [1.82, 2.24) is 10.2 Å². The van der Waals surface area contributed by atoms with Crippen molar-refractivity contribution in [2.45, 2.75) is 26.7 Å². The molecule has 1 N–H and O–H groups in total. The van der Waals surface area contributed by atoms with Crippen LogP contribution in [0.5, 0.6) is 0 Å². The van der Waals surface area contributed by atoms with Crippen LogP contribution in [0.2, 0.25) is 0 Å². The Kier molecular flexibility index (Phi) is 4.39. The Morgan fingerprint density at radius 3 is 2.18 bits per heavy atom. The number of carbonyl (C=O) groups excluding carboxylic acids is 1. The van der Waals surface area contributed by atoms with Crippen molar-refractivity contribution in [3.63, 3.8) is 0 Å². The number of hydrogen-bond donors (Lipinski definition) is 1. The minimum absolute atomic E-state index is 0.160. The number of piperazine rings is 1. The van der Waals surface area contributed by atoms with Gasteiger partial charge in [-0.25, -0.2) is 0 Å². The Morgan fingerprint density at radius 1 is 1.00 bits per heavy atom. The number of rotatable bonds is 2. The van der Waals surface area contributed by atoms with Gasteiger partial charge in [-0.05, 0) is 42.5 Å². The number of hydrogen-bond acceptors (Lipinski definition) is 3. The SMILES string of the molecule is CC1(C)CCN(c2ccc(C(=O)N3CCNCC3)cc2)CC1. The van der Waals surface area contributed by atoms with E-state index in [1.54, 1.807) is 0 Å². The van der Waals surface area contributed by atoms with Crippen molar-refractivity contribution in [2.75, 3.05) is 44.2 Å². The van der Waals surface area contributed by atoms with Gasteiger partial charge in [0.15, 0.2) is 0 Å². The first-order valence-electron chi connectivity index (χ1n) is 8.40. The lowest BCUT2D eigenvalue weighted by atomic mass is 9.82. The Morgan fingerprint density at radius 2 is 1.59 bits per heavy atom. The van der Waals surface area contributed by atoms with E-state index in [0.29, 0.717) is 5.41 Å². The smallest absolute Gasteiger partial charge is 0.253 e. The second kappa shape index (κ2) is 6.29. The molecule has 0 aliphatic carbocycles. The fourth-order valence-electron chi connectivity index (χ4n) is 3.24. The van der Waals surface area contributed by atoms with Crippen LogP contribution in [0.3, 0.4) is 0 Å². The van der Waals surface area contributed by atoms with E-state index in [1.807, 2.05) is 17.0 Å². The minimum atomic E-state index is 0.160. The van der Waals surface area contributed by atoms with Crippen LogP contribution in [0.4, 0.5) is 5.69 Å². The number of piperidine rings is 1. The predicted molar refractivity (Wildman–Crippen MR) is 90.4 cm³/mol. The van der Waals surface area contributed by atoms with Crippen molar-refractivity contribution in [3.8, 4) is 0 Å². The lowest BCUT2D eigenvalue weighted by molar-refractivity contribution is 0.0736. The van der Waals surface area contributed by atoms with Crippen LogP contribution >= 0.6 is 0 Å². The maximum atomic E-state index is 12.5. The molecule has 2 saturated heterocycles. The third kappa shape index (κ3) is 3.43. The molecule has 0 atom stereocenters. The lowest BCUT2D eigenvalue weighted by Crippen LogP contribution is -2.46. The summed E-state index contributed by atoms with van der Waals surface area (Å²) in [4.78, 5) is 16.8. The van der Waals surface area contributed by atoms with E-state index in [9.17, 15) is 4.79 Å². The van der Waals surface area contributed by atoms with Crippen LogP contribution in [-0.2, 0) is 0 Å². The number of carbonyl (C=O) groups is 1.